The van der Waals surface area contributed by atoms with E-state index in [2.05, 4.69) is 10.6 Å². The summed E-state index contributed by atoms with van der Waals surface area (Å²) in [5.74, 6) is 2.19. The highest BCUT2D eigenvalue weighted by Crippen LogP contribution is 2.49. The molecular formula is C17H22N2O2. The molecule has 2 N–H and O–H groups in total. The quantitative estimate of drug-likeness (QED) is 0.891. The van der Waals surface area contributed by atoms with Gasteiger partial charge in [-0.25, -0.2) is 0 Å². The number of hydrogen-bond acceptors (Lipinski definition) is 2. The van der Waals surface area contributed by atoms with Crippen molar-refractivity contribution in [2.75, 3.05) is 10.6 Å². The monoisotopic (exact) mass is 286 g/mol. The number of nitrogens with one attached hydrogen (secondary N) is 2. The number of fused-ring (bicyclic) bond motifs is 2. The Hall–Kier alpha value is -1.84. The summed E-state index contributed by atoms with van der Waals surface area (Å²) < 4.78 is 0. The molecule has 2 saturated carbocycles. The maximum absolute atomic E-state index is 12.2. The van der Waals surface area contributed by atoms with Gasteiger partial charge in [0, 0.05) is 24.7 Å². The Morgan fingerprint density at radius 2 is 1.90 bits per heavy atom. The molecule has 2 aliphatic carbocycles. The first-order valence-corrected chi connectivity index (χ1v) is 7.77. The van der Waals surface area contributed by atoms with Crippen molar-refractivity contribution in [2.24, 2.45) is 17.8 Å². The molecule has 0 aliphatic heterocycles. The van der Waals surface area contributed by atoms with Crippen LogP contribution in [0.15, 0.2) is 24.3 Å². The van der Waals surface area contributed by atoms with Crippen LogP contribution >= 0.6 is 0 Å². The molecule has 2 amide bonds. The highest BCUT2D eigenvalue weighted by Gasteiger charge is 2.40. The predicted octanol–water partition coefficient (Wildman–Crippen LogP) is 3.41. The minimum Gasteiger partial charge on any atom is -0.326 e. The van der Waals surface area contributed by atoms with Gasteiger partial charge in [-0.15, -0.1) is 0 Å². The Morgan fingerprint density at radius 1 is 1.14 bits per heavy atom. The van der Waals surface area contributed by atoms with Crippen LogP contribution in [-0.4, -0.2) is 11.8 Å². The normalized spacial score (nSPS) is 26.6. The Bertz CT molecular complexity index is 555. The van der Waals surface area contributed by atoms with Crippen molar-refractivity contribution in [3.8, 4) is 0 Å². The molecule has 0 radical (unpaired) electrons. The molecule has 4 heteroatoms. The highest BCUT2D eigenvalue weighted by atomic mass is 16.2. The van der Waals surface area contributed by atoms with Gasteiger partial charge >= 0.3 is 0 Å². The van der Waals surface area contributed by atoms with E-state index in [0.29, 0.717) is 18.0 Å². The van der Waals surface area contributed by atoms with Crippen LogP contribution < -0.4 is 10.6 Å². The molecule has 2 aliphatic rings. The summed E-state index contributed by atoms with van der Waals surface area (Å²) in [5, 5.41) is 5.67. The Morgan fingerprint density at radius 3 is 2.52 bits per heavy atom. The van der Waals surface area contributed by atoms with Gasteiger partial charge in [-0.3, -0.25) is 9.59 Å². The van der Waals surface area contributed by atoms with Gasteiger partial charge in [-0.2, -0.15) is 0 Å². The lowest BCUT2D eigenvalue weighted by molar-refractivity contribution is -0.117. The van der Waals surface area contributed by atoms with Crippen molar-refractivity contribution in [2.45, 2.75) is 39.0 Å². The minimum atomic E-state index is -0.111. The number of benzene rings is 1. The number of amides is 2. The molecule has 1 aromatic carbocycles. The molecule has 3 atom stereocenters. The van der Waals surface area contributed by atoms with E-state index >= 15 is 0 Å². The van der Waals surface area contributed by atoms with E-state index < -0.39 is 0 Å². The van der Waals surface area contributed by atoms with Crippen LogP contribution in [0.1, 0.15) is 39.0 Å². The maximum atomic E-state index is 12.2. The van der Waals surface area contributed by atoms with Gasteiger partial charge < -0.3 is 10.6 Å². The molecule has 2 bridgehead atoms. The molecule has 1 aromatic rings. The zero-order chi connectivity index (χ0) is 14.8. The van der Waals surface area contributed by atoms with Crippen molar-refractivity contribution in [3.05, 3.63) is 24.3 Å². The molecule has 0 aromatic heterocycles. The molecule has 0 spiro atoms. The molecule has 0 unspecified atom stereocenters. The topological polar surface area (TPSA) is 58.2 Å². The van der Waals surface area contributed by atoms with E-state index in [1.165, 1.54) is 32.6 Å². The van der Waals surface area contributed by atoms with Crippen LogP contribution in [-0.2, 0) is 9.59 Å². The summed E-state index contributed by atoms with van der Waals surface area (Å²) in [7, 11) is 0. The Labute approximate surface area is 125 Å². The summed E-state index contributed by atoms with van der Waals surface area (Å²) in [6.07, 6.45) is 5.85. The molecule has 0 heterocycles. The van der Waals surface area contributed by atoms with Crippen LogP contribution in [0.2, 0.25) is 0 Å². The van der Waals surface area contributed by atoms with Crippen molar-refractivity contribution < 1.29 is 9.59 Å². The highest BCUT2D eigenvalue weighted by molar-refractivity contribution is 5.93. The largest absolute Gasteiger partial charge is 0.326 e. The number of carbonyl (C=O) groups excluding carboxylic acids is 2. The van der Waals surface area contributed by atoms with E-state index in [1.807, 2.05) is 18.2 Å². The van der Waals surface area contributed by atoms with Crippen molar-refractivity contribution in [3.63, 3.8) is 0 Å². The van der Waals surface area contributed by atoms with Crippen molar-refractivity contribution >= 4 is 23.2 Å². The second kappa shape index (κ2) is 5.88. The fourth-order valence-corrected chi connectivity index (χ4v) is 3.95. The van der Waals surface area contributed by atoms with Crippen LogP contribution in [0.4, 0.5) is 11.4 Å². The van der Waals surface area contributed by atoms with Crippen LogP contribution in [0.3, 0.4) is 0 Å². The number of carbonyl (C=O) groups is 2. The molecule has 21 heavy (non-hydrogen) atoms. The fraction of sp³-hybridized carbons (Fsp3) is 0.529. The molecule has 112 valence electrons. The third-order valence-electron chi connectivity index (χ3n) is 4.80. The predicted molar refractivity (Wildman–Crippen MR) is 82.9 cm³/mol. The molecule has 0 saturated heterocycles. The second-order valence-corrected chi connectivity index (χ2v) is 6.45. The fourth-order valence-electron chi connectivity index (χ4n) is 3.95. The van der Waals surface area contributed by atoms with E-state index in [4.69, 9.17) is 0 Å². The summed E-state index contributed by atoms with van der Waals surface area (Å²) in [6, 6.07) is 7.29. The van der Waals surface area contributed by atoms with Gasteiger partial charge in [0.15, 0.2) is 0 Å². The minimum absolute atomic E-state index is 0.0903. The first kappa shape index (κ1) is 14.1. The van der Waals surface area contributed by atoms with Gasteiger partial charge in [0.25, 0.3) is 0 Å². The van der Waals surface area contributed by atoms with Crippen LogP contribution in [0.5, 0.6) is 0 Å². The SMILES string of the molecule is CC(=O)Nc1cccc(NC(=O)C[C@@H]2C[C@@H]3CC[C@@H]2C3)c1. The standard InChI is InChI=1S/C17H22N2O2/c1-11(20)18-15-3-2-4-16(10-15)19-17(21)9-14-8-12-5-6-13(14)7-12/h2-4,10,12-14H,5-9H2,1H3,(H,18,20)(H,19,21)/t12-,13-,14+/m1/s1. The van der Waals surface area contributed by atoms with Crippen LogP contribution in [0, 0.1) is 17.8 Å². The second-order valence-electron chi connectivity index (χ2n) is 6.45. The summed E-state index contributed by atoms with van der Waals surface area (Å²) in [6.45, 7) is 1.47. The zero-order valence-corrected chi connectivity index (χ0v) is 12.4. The van der Waals surface area contributed by atoms with E-state index in [1.54, 1.807) is 6.07 Å². The van der Waals surface area contributed by atoms with Gasteiger partial charge in [0.1, 0.15) is 0 Å². The Kier molecular flexibility index (Phi) is 3.95. The molecular weight excluding hydrogens is 264 g/mol. The third kappa shape index (κ3) is 3.43. The van der Waals surface area contributed by atoms with Crippen molar-refractivity contribution in [1.82, 2.24) is 0 Å². The smallest absolute Gasteiger partial charge is 0.224 e. The summed E-state index contributed by atoms with van der Waals surface area (Å²) in [5.41, 5.74) is 1.45. The third-order valence-corrected chi connectivity index (χ3v) is 4.80. The average Bonchev–Trinajstić information content (AvgIpc) is 3.00. The molecule has 3 rings (SSSR count). The first-order valence-electron chi connectivity index (χ1n) is 7.77. The summed E-state index contributed by atoms with van der Waals surface area (Å²) in [4.78, 5) is 23.2. The zero-order valence-electron chi connectivity index (χ0n) is 12.4. The van der Waals surface area contributed by atoms with Gasteiger partial charge in [0.2, 0.25) is 11.8 Å². The molecule has 4 nitrogen and oxygen atoms in total. The van der Waals surface area contributed by atoms with Crippen LogP contribution in [0.25, 0.3) is 0 Å². The molecule has 2 fully saturated rings. The van der Waals surface area contributed by atoms with Gasteiger partial charge in [-0.05, 0) is 55.2 Å². The number of anilines is 2. The van der Waals surface area contributed by atoms with E-state index in [9.17, 15) is 9.59 Å². The first-order chi connectivity index (χ1) is 10.1. The number of rotatable bonds is 4. The van der Waals surface area contributed by atoms with E-state index in [-0.39, 0.29) is 11.8 Å². The maximum Gasteiger partial charge on any atom is 0.224 e. The lowest BCUT2D eigenvalue weighted by Gasteiger charge is -2.21. The lowest BCUT2D eigenvalue weighted by atomic mass is 9.86. The van der Waals surface area contributed by atoms with E-state index in [0.717, 1.165) is 17.5 Å². The Balaban J connectivity index is 1.56. The average molecular weight is 286 g/mol. The number of hydrogen-bond donors (Lipinski definition) is 2. The summed E-state index contributed by atoms with van der Waals surface area (Å²) >= 11 is 0. The van der Waals surface area contributed by atoms with Gasteiger partial charge in [-0.1, -0.05) is 12.5 Å². The lowest BCUT2D eigenvalue weighted by Crippen LogP contribution is -2.20. The van der Waals surface area contributed by atoms with Crippen molar-refractivity contribution in [1.29, 1.82) is 0 Å². The van der Waals surface area contributed by atoms with Gasteiger partial charge in [0.05, 0.1) is 0 Å².